The van der Waals surface area contributed by atoms with Crippen LogP contribution in [-0.2, 0) is 0 Å². The van der Waals surface area contributed by atoms with Gasteiger partial charge < -0.3 is 15.7 Å². The Morgan fingerprint density at radius 1 is 1.21 bits per heavy atom. The van der Waals surface area contributed by atoms with Crippen molar-refractivity contribution in [3.8, 4) is 0 Å². The highest BCUT2D eigenvalue weighted by Gasteiger charge is 2.09. The molecule has 4 nitrogen and oxygen atoms in total. The first-order valence-electron chi connectivity index (χ1n) is 6.89. The number of carbonyl (C=O) groups is 1. The van der Waals surface area contributed by atoms with Crippen LogP contribution in [0.4, 0.5) is 10.5 Å². The van der Waals surface area contributed by atoms with Gasteiger partial charge in [-0.1, -0.05) is 32.9 Å². The van der Waals surface area contributed by atoms with Crippen molar-refractivity contribution in [1.29, 1.82) is 0 Å². The van der Waals surface area contributed by atoms with Crippen LogP contribution in [0.25, 0.3) is 0 Å². The van der Waals surface area contributed by atoms with Crippen molar-refractivity contribution in [3.05, 3.63) is 29.8 Å². The molecule has 0 aliphatic rings. The van der Waals surface area contributed by atoms with Gasteiger partial charge in [-0.05, 0) is 36.5 Å². The molecule has 0 bridgehead atoms. The van der Waals surface area contributed by atoms with E-state index in [0.29, 0.717) is 12.3 Å². The van der Waals surface area contributed by atoms with E-state index in [9.17, 15) is 4.79 Å². The maximum atomic E-state index is 11.7. The van der Waals surface area contributed by atoms with Crippen molar-refractivity contribution in [2.45, 2.75) is 45.6 Å². The third-order valence-corrected chi connectivity index (χ3v) is 3.40. The fourth-order valence-corrected chi connectivity index (χ4v) is 1.76. The van der Waals surface area contributed by atoms with Crippen LogP contribution in [0.2, 0.25) is 0 Å². The van der Waals surface area contributed by atoms with Crippen LogP contribution < -0.4 is 10.6 Å². The van der Waals surface area contributed by atoms with Crippen molar-refractivity contribution in [2.75, 3.05) is 11.9 Å². The molecule has 106 valence electrons. The number of nitrogens with one attached hydrogen (secondary N) is 2. The molecule has 2 amide bonds. The standard InChI is InChI=1S/C15H24N2O2/c1-4-11(3)12-6-8-14(9-7-12)17-15(19)16-13(5-2)10-18/h6-9,11,13,18H,4-5,10H2,1-3H3,(H2,16,17,19)/t11-,13+/m1/s1. The molecule has 1 rings (SSSR count). The number of anilines is 1. The molecule has 2 atom stereocenters. The summed E-state index contributed by atoms with van der Waals surface area (Å²) in [5.74, 6) is 0.529. The molecule has 3 N–H and O–H groups in total. The second-order valence-electron chi connectivity index (χ2n) is 4.82. The Hall–Kier alpha value is -1.55. The summed E-state index contributed by atoms with van der Waals surface area (Å²) in [7, 11) is 0. The summed E-state index contributed by atoms with van der Waals surface area (Å²) in [6.45, 7) is 6.21. The van der Waals surface area contributed by atoms with E-state index in [4.69, 9.17) is 5.11 Å². The molecule has 0 fully saturated rings. The predicted octanol–water partition coefficient (Wildman–Crippen LogP) is 3.09. The zero-order chi connectivity index (χ0) is 14.3. The van der Waals surface area contributed by atoms with Gasteiger partial charge in [0.25, 0.3) is 0 Å². The number of amides is 2. The number of aliphatic hydroxyl groups is 1. The third-order valence-electron chi connectivity index (χ3n) is 3.40. The lowest BCUT2D eigenvalue weighted by Crippen LogP contribution is -2.39. The van der Waals surface area contributed by atoms with E-state index in [1.165, 1.54) is 5.56 Å². The van der Waals surface area contributed by atoms with Crippen molar-refractivity contribution < 1.29 is 9.90 Å². The Balaban J connectivity index is 2.55. The Bertz CT molecular complexity index is 386. The maximum absolute atomic E-state index is 11.7. The fourth-order valence-electron chi connectivity index (χ4n) is 1.76. The van der Waals surface area contributed by atoms with Crippen molar-refractivity contribution in [3.63, 3.8) is 0 Å². The SMILES string of the molecule is CC[C@@H](CO)NC(=O)Nc1ccc([C@H](C)CC)cc1. The molecule has 0 saturated carbocycles. The summed E-state index contributed by atoms with van der Waals surface area (Å²) >= 11 is 0. The minimum Gasteiger partial charge on any atom is -0.394 e. The number of benzene rings is 1. The normalized spacial score (nSPS) is 13.7. The minimum atomic E-state index is -0.280. The lowest BCUT2D eigenvalue weighted by Gasteiger charge is -2.15. The van der Waals surface area contributed by atoms with Gasteiger partial charge in [-0.15, -0.1) is 0 Å². The second-order valence-corrected chi connectivity index (χ2v) is 4.82. The molecule has 0 spiro atoms. The monoisotopic (exact) mass is 264 g/mol. The van der Waals surface area contributed by atoms with Gasteiger partial charge in [0.15, 0.2) is 0 Å². The first-order valence-corrected chi connectivity index (χ1v) is 6.89. The van der Waals surface area contributed by atoms with Gasteiger partial charge in [0.05, 0.1) is 12.6 Å². The predicted molar refractivity (Wildman–Crippen MR) is 78.5 cm³/mol. The smallest absolute Gasteiger partial charge is 0.319 e. The van der Waals surface area contributed by atoms with Crippen LogP contribution in [-0.4, -0.2) is 23.8 Å². The van der Waals surface area contributed by atoms with E-state index >= 15 is 0 Å². The van der Waals surface area contributed by atoms with Crippen LogP contribution in [0, 0.1) is 0 Å². The average Bonchev–Trinajstić information content (AvgIpc) is 2.44. The quantitative estimate of drug-likeness (QED) is 0.739. The molecule has 0 saturated heterocycles. The molecule has 19 heavy (non-hydrogen) atoms. The van der Waals surface area contributed by atoms with Crippen molar-refractivity contribution in [2.24, 2.45) is 0 Å². The summed E-state index contributed by atoms with van der Waals surface area (Å²) < 4.78 is 0. The highest BCUT2D eigenvalue weighted by molar-refractivity contribution is 5.89. The van der Waals surface area contributed by atoms with E-state index < -0.39 is 0 Å². The van der Waals surface area contributed by atoms with Crippen LogP contribution in [0.15, 0.2) is 24.3 Å². The van der Waals surface area contributed by atoms with Gasteiger partial charge in [-0.25, -0.2) is 4.79 Å². The lowest BCUT2D eigenvalue weighted by atomic mass is 9.99. The van der Waals surface area contributed by atoms with Crippen molar-refractivity contribution in [1.82, 2.24) is 5.32 Å². The molecular formula is C15H24N2O2. The molecule has 0 unspecified atom stereocenters. The Kier molecular flexibility index (Phi) is 6.36. The van der Waals surface area contributed by atoms with Crippen molar-refractivity contribution >= 4 is 11.7 Å². The molecule has 0 aliphatic carbocycles. The summed E-state index contributed by atoms with van der Waals surface area (Å²) in [4.78, 5) is 11.7. The van der Waals surface area contributed by atoms with Gasteiger partial charge in [0.1, 0.15) is 0 Å². The zero-order valence-electron chi connectivity index (χ0n) is 11.9. The van der Waals surface area contributed by atoms with E-state index in [-0.39, 0.29) is 18.7 Å². The number of hydrogen-bond donors (Lipinski definition) is 3. The van der Waals surface area contributed by atoms with Crippen LogP contribution in [0.5, 0.6) is 0 Å². The highest BCUT2D eigenvalue weighted by Crippen LogP contribution is 2.20. The molecule has 0 aliphatic heterocycles. The van der Waals surface area contributed by atoms with Gasteiger partial charge in [0, 0.05) is 5.69 Å². The summed E-state index contributed by atoms with van der Waals surface area (Å²) in [6, 6.07) is 7.40. The van der Waals surface area contributed by atoms with E-state index in [1.807, 2.05) is 31.2 Å². The van der Waals surface area contributed by atoms with Gasteiger partial charge in [-0.3, -0.25) is 0 Å². The van der Waals surface area contributed by atoms with Crippen LogP contribution >= 0.6 is 0 Å². The number of aliphatic hydroxyl groups excluding tert-OH is 1. The summed E-state index contributed by atoms with van der Waals surface area (Å²) in [5, 5.41) is 14.5. The topological polar surface area (TPSA) is 61.4 Å². The Morgan fingerprint density at radius 2 is 1.84 bits per heavy atom. The first-order chi connectivity index (χ1) is 9.10. The molecule has 1 aromatic rings. The number of carbonyl (C=O) groups excluding carboxylic acids is 1. The second kappa shape index (κ2) is 7.79. The molecule has 0 aromatic heterocycles. The fraction of sp³-hybridized carbons (Fsp3) is 0.533. The molecule has 4 heteroatoms. The molecule has 0 heterocycles. The minimum absolute atomic E-state index is 0.0448. The third kappa shape index (κ3) is 4.91. The molecule has 0 radical (unpaired) electrons. The summed E-state index contributed by atoms with van der Waals surface area (Å²) in [6.07, 6.45) is 1.80. The number of urea groups is 1. The number of hydrogen-bond acceptors (Lipinski definition) is 2. The lowest BCUT2D eigenvalue weighted by molar-refractivity contribution is 0.222. The zero-order valence-corrected chi connectivity index (χ0v) is 11.9. The Morgan fingerprint density at radius 3 is 2.32 bits per heavy atom. The molecule has 1 aromatic carbocycles. The van der Waals surface area contributed by atoms with Gasteiger partial charge >= 0.3 is 6.03 Å². The van der Waals surface area contributed by atoms with Crippen LogP contribution in [0.3, 0.4) is 0 Å². The Labute approximate surface area is 115 Å². The van der Waals surface area contributed by atoms with Crippen LogP contribution in [0.1, 0.15) is 45.1 Å². The highest BCUT2D eigenvalue weighted by atomic mass is 16.3. The molecular weight excluding hydrogens is 240 g/mol. The van der Waals surface area contributed by atoms with E-state index in [0.717, 1.165) is 12.1 Å². The van der Waals surface area contributed by atoms with E-state index in [2.05, 4.69) is 24.5 Å². The summed E-state index contributed by atoms with van der Waals surface area (Å²) in [5.41, 5.74) is 2.03. The largest absolute Gasteiger partial charge is 0.394 e. The van der Waals surface area contributed by atoms with Gasteiger partial charge in [0.2, 0.25) is 0 Å². The number of rotatable bonds is 6. The van der Waals surface area contributed by atoms with Gasteiger partial charge in [-0.2, -0.15) is 0 Å². The maximum Gasteiger partial charge on any atom is 0.319 e. The average molecular weight is 264 g/mol. The first kappa shape index (κ1) is 15.5. The van der Waals surface area contributed by atoms with E-state index in [1.54, 1.807) is 0 Å².